The first-order valence-corrected chi connectivity index (χ1v) is 13.2. The van der Waals surface area contributed by atoms with Gasteiger partial charge in [0.05, 0.1) is 4.91 Å². The van der Waals surface area contributed by atoms with E-state index in [4.69, 9.17) is 0 Å². The molecule has 2 heterocycles. The van der Waals surface area contributed by atoms with Crippen LogP contribution in [0.25, 0.3) is 11.8 Å². The number of carbonyl (C=O) groups is 1. The average Bonchev–Trinajstić information content (AvgIpc) is 3.30. The molecule has 0 spiro atoms. The highest BCUT2D eigenvalue weighted by Crippen LogP contribution is 2.42. The van der Waals surface area contributed by atoms with Crippen LogP contribution in [0.5, 0.6) is 0 Å². The summed E-state index contributed by atoms with van der Waals surface area (Å²) in [5.41, 5.74) is 5.53. The molecule has 0 bridgehead atoms. The van der Waals surface area contributed by atoms with Gasteiger partial charge in [-0.3, -0.25) is 4.79 Å². The van der Waals surface area contributed by atoms with E-state index < -0.39 is 0 Å². The number of nitrogens with one attached hydrogen (secondary N) is 1. The summed E-state index contributed by atoms with van der Waals surface area (Å²) in [6, 6.07) is 23.1. The summed E-state index contributed by atoms with van der Waals surface area (Å²) in [7, 11) is 0. The largest absolute Gasteiger partial charge is 0.356 e. The Hall–Kier alpha value is -2.92. The van der Waals surface area contributed by atoms with Crippen LogP contribution in [0.4, 0.5) is 5.69 Å². The van der Waals surface area contributed by atoms with Gasteiger partial charge < -0.3 is 14.8 Å². The number of benzene rings is 2. The molecule has 2 aliphatic rings. The standard InChI is InChI=1S/C29H33N3OS/c1-20-12-10-11-17-26(20)32-28(33)27(34-29(32)30-24-13-6-4-7-14-24)19-23-18-21(2)31(22(23)3)25-15-8-5-9-16-25/h4-9,13-16,18-20,26,29-30H,10-12,17H2,1-3H3/b27-19-/t20-,26-,29?/m1/s1. The lowest BCUT2D eigenvalue weighted by atomic mass is 9.85. The van der Waals surface area contributed by atoms with Gasteiger partial charge in [0, 0.05) is 28.8 Å². The van der Waals surface area contributed by atoms with Crippen LogP contribution in [-0.4, -0.2) is 26.9 Å². The molecule has 176 valence electrons. The molecular weight excluding hydrogens is 438 g/mol. The maximum absolute atomic E-state index is 13.8. The summed E-state index contributed by atoms with van der Waals surface area (Å²) in [4.78, 5) is 16.8. The second-order valence-corrected chi connectivity index (χ2v) is 10.7. The minimum Gasteiger partial charge on any atom is -0.356 e. The van der Waals surface area contributed by atoms with Crippen molar-refractivity contribution >= 4 is 29.4 Å². The van der Waals surface area contributed by atoms with Crippen molar-refractivity contribution in [1.29, 1.82) is 0 Å². The van der Waals surface area contributed by atoms with Crippen LogP contribution in [-0.2, 0) is 4.79 Å². The Bertz CT molecular complexity index is 1180. The Morgan fingerprint density at radius 3 is 2.35 bits per heavy atom. The topological polar surface area (TPSA) is 37.3 Å². The zero-order valence-electron chi connectivity index (χ0n) is 20.2. The molecule has 1 saturated carbocycles. The van der Waals surface area contributed by atoms with E-state index in [-0.39, 0.29) is 17.4 Å². The molecule has 2 fully saturated rings. The number of thioether (sulfide) groups is 1. The van der Waals surface area contributed by atoms with Crippen molar-refractivity contribution in [2.75, 3.05) is 5.32 Å². The highest BCUT2D eigenvalue weighted by atomic mass is 32.2. The van der Waals surface area contributed by atoms with E-state index in [1.165, 1.54) is 25.0 Å². The fourth-order valence-corrected chi connectivity index (χ4v) is 6.62. The number of aromatic nitrogens is 1. The van der Waals surface area contributed by atoms with Gasteiger partial charge in [-0.05, 0) is 74.6 Å². The van der Waals surface area contributed by atoms with Crippen molar-refractivity contribution < 1.29 is 4.79 Å². The second-order valence-electron chi connectivity index (χ2n) is 9.53. The molecule has 5 heteroatoms. The van der Waals surface area contributed by atoms with E-state index in [2.05, 4.69) is 84.1 Å². The highest BCUT2D eigenvalue weighted by molar-refractivity contribution is 8.05. The van der Waals surface area contributed by atoms with Gasteiger partial charge in [-0.2, -0.15) is 0 Å². The molecule has 1 amide bonds. The molecule has 1 aliphatic carbocycles. The van der Waals surface area contributed by atoms with Gasteiger partial charge in [-0.1, -0.05) is 67.9 Å². The van der Waals surface area contributed by atoms with E-state index in [0.29, 0.717) is 5.92 Å². The quantitative estimate of drug-likeness (QED) is 0.408. The SMILES string of the molecule is Cc1cc(/C=C2\SC(Nc3ccccc3)N([C@@H]3CCCC[C@H]3C)C2=O)c(C)n1-c1ccccc1. The highest BCUT2D eigenvalue weighted by Gasteiger charge is 2.43. The van der Waals surface area contributed by atoms with E-state index in [0.717, 1.165) is 34.0 Å². The molecule has 5 rings (SSSR count). The van der Waals surface area contributed by atoms with Crippen LogP contribution in [0.3, 0.4) is 0 Å². The summed E-state index contributed by atoms with van der Waals surface area (Å²) in [6.07, 6.45) is 6.82. The van der Waals surface area contributed by atoms with E-state index in [1.54, 1.807) is 11.8 Å². The van der Waals surface area contributed by atoms with Crippen LogP contribution in [0.15, 0.2) is 71.6 Å². The zero-order chi connectivity index (χ0) is 23.7. The van der Waals surface area contributed by atoms with Crippen LogP contribution in [0.1, 0.15) is 49.6 Å². The zero-order valence-corrected chi connectivity index (χ0v) is 21.0. The predicted octanol–water partition coefficient (Wildman–Crippen LogP) is 6.98. The number of aryl methyl sites for hydroxylation is 1. The number of nitrogens with zero attached hydrogens (tertiary/aromatic N) is 2. The number of hydrogen-bond acceptors (Lipinski definition) is 3. The van der Waals surface area contributed by atoms with E-state index in [9.17, 15) is 4.79 Å². The summed E-state index contributed by atoms with van der Waals surface area (Å²) < 4.78 is 2.26. The third-order valence-corrected chi connectivity index (χ3v) is 8.31. The molecule has 1 aromatic heterocycles. The molecule has 1 N–H and O–H groups in total. The monoisotopic (exact) mass is 471 g/mol. The predicted molar refractivity (Wildman–Crippen MR) is 143 cm³/mol. The average molecular weight is 472 g/mol. The van der Waals surface area contributed by atoms with Gasteiger partial charge in [-0.25, -0.2) is 0 Å². The second kappa shape index (κ2) is 9.75. The van der Waals surface area contributed by atoms with Crippen LogP contribution >= 0.6 is 11.8 Å². The Labute approximate surface area is 207 Å². The third kappa shape index (κ3) is 4.41. The third-order valence-electron chi connectivity index (χ3n) is 7.20. The van der Waals surface area contributed by atoms with Crippen molar-refractivity contribution in [3.63, 3.8) is 0 Å². The number of rotatable bonds is 5. The first kappa shape index (κ1) is 22.9. The summed E-state index contributed by atoms with van der Waals surface area (Å²) in [5, 5.41) is 3.63. The van der Waals surface area contributed by atoms with Crippen molar-refractivity contribution in [1.82, 2.24) is 9.47 Å². The lowest BCUT2D eigenvalue weighted by Gasteiger charge is -2.39. The molecule has 1 unspecified atom stereocenters. The fourth-order valence-electron chi connectivity index (χ4n) is 5.42. The molecule has 1 aliphatic heterocycles. The van der Waals surface area contributed by atoms with Gasteiger partial charge in [-0.15, -0.1) is 0 Å². The molecule has 4 nitrogen and oxygen atoms in total. The molecule has 0 radical (unpaired) electrons. The number of para-hydroxylation sites is 2. The maximum Gasteiger partial charge on any atom is 0.262 e. The minimum absolute atomic E-state index is 0.0932. The lowest BCUT2D eigenvalue weighted by molar-refractivity contribution is -0.129. The smallest absolute Gasteiger partial charge is 0.262 e. The van der Waals surface area contributed by atoms with Crippen molar-refractivity contribution in [2.45, 2.75) is 58.0 Å². The number of carbonyl (C=O) groups excluding carboxylic acids is 1. The van der Waals surface area contributed by atoms with Crippen LogP contribution in [0, 0.1) is 19.8 Å². The lowest BCUT2D eigenvalue weighted by Crippen LogP contribution is -2.48. The van der Waals surface area contributed by atoms with E-state index in [1.807, 2.05) is 24.3 Å². The molecule has 3 atom stereocenters. The Morgan fingerprint density at radius 1 is 0.971 bits per heavy atom. The van der Waals surface area contributed by atoms with Gasteiger partial charge in [0.2, 0.25) is 0 Å². The van der Waals surface area contributed by atoms with Gasteiger partial charge in [0.25, 0.3) is 5.91 Å². The number of hydrogen-bond donors (Lipinski definition) is 1. The van der Waals surface area contributed by atoms with Crippen LogP contribution < -0.4 is 5.32 Å². The Morgan fingerprint density at radius 2 is 1.65 bits per heavy atom. The molecule has 34 heavy (non-hydrogen) atoms. The number of anilines is 1. The van der Waals surface area contributed by atoms with Crippen LogP contribution in [0.2, 0.25) is 0 Å². The molecular formula is C29H33N3OS. The Kier molecular flexibility index (Phi) is 6.55. The molecule has 3 aromatic rings. The number of amides is 1. The maximum atomic E-state index is 13.8. The van der Waals surface area contributed by atoms with E-state index >= 15 is 0 Å². The van der Waals surface area contributed by atoms with Gasteiger partial charge in [0.1, 0.15) is 0 Å². The van der Waals surface area contributed by atoms with Crippen molar-refractivity contribution in [2.24, 2.45) is 5.92 Å². The summed E-state index contributed by atoms with van der Waals surface area (Å²) >= 11 is 1.65. The van der Waals surface area contributed by atoms with Crippen molar-refractivity contribution in [3.8, 4) is 5.69 Å². The first-order chi connectivity index (χ1) is 16.5. The van der Waals surface area contributed by atoms with Gasteiger partial charge >= 0.3 is 0 Å². The molecule has 2 aromatic carbocycles. The van der Waals surface area contributed by atoms with Crippen molar-refractivity contribution in [3.05, 3.63) is 88.6 Å². The summed E-state index contributed by atoms with van der Waals surface area (Å²) in [6.45, 7) is 6.56. The first-order valence-electron chi connectivity index (χ1n) is 12.3. The summed E-state index contributed by atoms with van der Waals surface area (Å²) in [5.74, 6) is 0.669. The fraction of sp³-hybridized carbons (Fsp3) is 0.345. The van der Waals surface area contributed by atoms with Gasteiger partial charge in [0.15, 0.2) is 5.50 Å². The molecule has 1 saturated heterocycles. The Balaban J connectivity index is 1.49. The minimum atomic E-state index is -0.0932. The normalized spacial score (nSPS) is 24.1.